The standard InChI is InChI=1S/C73H52N2.C2H6/c1-6-24-51(25-7-1)60-46-43-57(49-67(60)52-26-8-2-9-27-52)74(56-32-14-5-15-33-56)70-40-22-19-37-64(70)61-35-17-16-34-59(61)53-42-45-66-65-38-20-23-41-71(65)75(72(66)48-53)58-44-47-63-62-36-18-21-39-68(62)73(69(63)50-58,54-28-10-3-11-29-54)55-30-12-4-13-31-55;1-2/h1-21,23-39,41-50H,22,40H2;1-2H3. The Kier molecular flexibility index (Phi) is 12.5. The van der Waals surface area contributed by atoms with Gasteiger partial charge in [0, 0.05) is 39.1 Å². The molecule has 368 valence electrons. The van der Waals surface area contributed by atoms with E-state index in [1.807, 2.05) is 13.8 Å². The summed E-state index contributed by atoms with van der Waals surface area (Å²) >= 11 is 0. The van der Waals surface area contributed by atoms with E-state index in [1.54, 1.807) is 0 Å². The summed E-state index contributed by atoms with van der Waals surface area (Å²) in [6.45, 7) is 4.00. The largest absolute Gasteiger partial charge is 0.314 e. The number of anilines is 2. The van der Waals surface area contributed by atoms with Crippen molar-refractivity contribution in [2.75, 3.05) is 4.90 Å². The molecular weight excluding hydrogens is 929 g/mol. The van der Waals surface area contributed by atoms with Gasteiger partial charge in [-0.15, -0.1) is 0 Å². The normalized spacial score (nSPS) is 13.2. The van der Waals surface area contributed by atoms with Crippen LogP contribution in [0.15, 0.2) is 297 Å². The van der Waals surface area contributed by atoms with Gasteiger partial charge in [0.2, 0.25) is 0 Å². The first-order chi connectivity index (χ1) is 38.2. The number of rotatable bonds is 10. The summed E-state index contributed by atoms with van der Waals surface area (Å²) in [5, 5.41) is 2.47. The van der Waals surface area contributed by atoms with Gasteiger partial charge in [-0.2, -0.15) is 0 Å². The van der Waals surface area contributed by atoms with Crippen molar-refractivity contribution in [3.63, 3.8) is 0 Å². The van der Waals surface area contributed by atoms with E-state index < -0.39 is 5.41 Å². The van der Waals surface area contributed by atoms with E-state index in [-0.39, 0.29) is 0 Å². The molecule has 1 heterocycles. The van der Waals surface area contributed by atoms with Crippen LogP contribution in [-0.2, 0) is 5.41 Å². The predicted octanol–water partition coefficient (Wildman–Crippen LogP) is 20.1. The second-order valence-corrected chi connectivity index (χ2v) is 19.8. The molecule has 0 fully saturated rings. The fourth-order valence-electron chi connectivity index (χ4n) is 12.5. The van der Waals surface area contributed by atoms with E-state index in [4.69, 9.17) is 0 Å². The molecule has 0 radical (unpaired) electrons. The molecule has 2 heteroatoms. The minimum Gasteiger partial charge on any atom is -0.314 e. The van der Waals surface area contributed by atoms with Crippen LogP contribution >= 0.6 is 0 Å². The third-order valence-corrected chi connectivity index (χ3v) is 15.8. The number of hydrogen-bond acceptors (Lipinski definition) is 1. The molecule has 0 N–H and O–H groups in total. The predicted molar refractivity (Wildman–Crippen MR) is 326 cm³/mol. The summed E-state index contributed by atoms with van der Waals surface area (Å²) in [6.07, 6.45) is 6.56. The molecule has 0 saturated carbocycles. The summed E-state index contributed by atoms with van der Waals surface area (Å²) in [6, 6.07) is 103. The second kappa shape index (κ2) is 20.3. The summed E-state index contributed by atoms with van der Waals surface area (Å²) in [5.41, 5.74) is 23.8. The van der Waals surface area contributed by atoms with E-state index in [2.05, 4.69) is 301 Å². The second-order valence-electron chi connectivity index (χ2n) is 19.8. The Balaban J connectivity index is 0.00000280. The van der Waals surface area contributed by atoms with Crippen LogP contribution in [0, 0.1) is 0 Å². The van der Waals surface area contributed by atoms with Crippen LogP contribution in [0.1, 0.15) is 54.5 Å². The summed E-state index contributed by atoms with van der Waals surface area (Å²) in [5.74, 6) is 0. The maximum absolute atomic E-state index is 2.51. The van der Waals surface area contributed by atoms with Crippen molar-refractivity contribution in [3.8, 4) is 50.2 Å². The average Bonchev–Trinajstić information content (AvgIpc) is 4.20. The highest BCUT2D eigenvalue weighted by Crippen LogP contribution is 2.57. The molecule has 0 unspecified atom stereocenters. The van der Waals surface area contributed by atoms with Crippen molar-refractivity contribution >= 4 is 38.8 Å². The Morgan fingerprint density at radius 2 is 0.896 bits per heavy atom. The maximum atomic E-state index is 2.51. The van der Waals surface area contributed by atoms with Gasteiger partial charge in [-0.1, -0.05) is 257 Å². The smallest absolute Gasteiger partial charge is 0.0714 e. The molecule has 11 aromatic carbocycles. The van der Waals surface area contributed by atoms with Gasteiger partial charge >= 0.3 is 0 Å². The molecule has 0 saturated heterocycles. The lowest BCUT2D eigenvalue weighted by Gasteiger charge is -2.34. The fourth-order valence-corrected chi connectivity index (χ4v) is 12.5. The third-order valence-electron chi connectivity index (χ3n) is 15.8. The van der Waals surface area contributed by atoms with E-state index in [0.29, 0.717) is 0 Å². The topological polar surface area (TPSA) is 8.17 Å². The van der Waals surface area contributed by atoms with Crippen LogP contribution in [0.5, 0.6) is 0 Å². The highest BCUT2D eigenvalue weighted by Gasteiger charge is 2.46. The van der Waals surface area contributed by atoms with Crippen LogP contribution in [-0.4, -0.2) is 4.57 Å². The first-order valence-electron chi connectivity index (χ1n) is 27.2. The number of allylic oxidation sites excluding steroid dienone is 4. The Hall–Kier alpha value is -9.50. The molecule has 2 nitrogen and oxygen atoms in total. The molecule has 0 spiro atoms. The van der Waals surface area contributed by atoms with Crippen LogP contribution in [0.25, 0.3) is 77.6 Å². The Bertz CT molecular complexity index is 4110. The first-order valence-corrected chi connectivity index (χ1v) is 27.2. The van der Waals surface area contributed by atoms with Crippen molar-refractivity contribution in [1.29, 1.82) is 0 Å². The summed E-state index contributed by atoms with van der Waals surface area (Å²) < 4.78 is 2.51. The average molecular weight is 987 g/mol. The Labute approximate surface area is 452 Å². The van der Waals surface area contributed by atoms with E-state index in [0.717, 1.165) is 29.9 Å². The van der Waals surface area contributed by atoms with Crippen molar-refractivity contribution < 1.29 is 0 Å². The lowest BCUT2D eigenvalue weighted by atomic mass is 9.67. The highest BCUT2D eigenvalue weighted by molar-refractivity contribution is 6.11. The number of para-hydroxylation sites is 2. The minimum atomic E-state index is -0.507. The van der Waals surface area contributed by atoms with Crippen molar-refractivity contribution in [2.24, 2.45) is 0 Å². The van der Waals surface area contributed by atoms with Crippen LogP contribution in [0.3, 0.4) is 0 Å². The monoisotopic (exact) mass is 986 g/mol. The molecule has 2 aliphatic rings. The molecule has 77 heavy (non-hydrogen) atoms. The zero-order chi connectivity index (χ0) is 51.7. The van der Waals surface area contributed by atoms with Gasteiger partial charge in [0.15, 0.2) is 0 Å². The van der Waals surface area contributed by atoms with Gasteiger partial charge in [0.05, 0.1) is 16.4 Å². The Morgan fingerprint density at radius 3 is 1.60 bits per heavy atom. The molecule has 0 aliphatic heterocycles. The highest BCUT2D eigenvalue weighted by atomic mass is 15.2. The number of nitrogens with zero attached hydrogens (tertiary/aromatic N) is 2. The number of hydrogen-bond donors (Lipinski definition) is 0. The van der Waals surface area contributed by atoms with E-state index in [9.17, 15) is 0 Å². The van der Waals surface area contributed by atoms with Crippen molar-refractivity contribution in [1.82, 2.24) is 4.57 Å². The lowest BCUT2D eigenvalue weighted by molar-refractivity contribution is 0.767. The van der Waals surface area contributed by atoms with Crippen LogP contribution in [0.2, 0.25) is 0 Å². The molecule has 0 atom stereocenters. The summed E-state index contributed by atoms with van der Waals surface area (Å²) in [7, 11) is 0. The number of fused-ring (bicyclic) bond motifs is 6. The van der Waals surface area contributed by atoms with Crippen molar-refractivity contribution in [3.05, 3.63) is 325 Å². The van der Waals surface area contributed by atoms with E-state index >= 15 is 0 Å². The lowest BCUT2D eigenvalue weighted by Crippen LogP contribution is -2.28. The zero-order valence-electron chi connectivity index (χ0n) is 43.5. The van der Waals surface area contributed by atoms with Gasteiger partial charge in [-0.3, -0.25) is 0 Å². The maximum Gasteiger partial charge on any atom is 0.0714 e. The third kappa shape index (κ3) is 8.04. The number of aromatic nitrogens is 1. The molecule has 14 rings (SSSR count). The van der Waals surface area contributed by atoms with Gasteiger partial charge in [-0.25, -0.2) is 0 Å². The molecule has 0 amide bonds. The van der Waals surface area contributed by atoms with Gasteiger partial charge < -0.3 is 9.47 Å². The SMILES string of the molecule is C1=CC(c2ccccc2-c2ccc3c4ccccc4n(-c4ccc5c(c4)C(c4ccccc4)(c4ccccc4)c4ccccc4-5)c3c2)=C(N(c2ccccc2)c2ccc(-c3ccccc3)c(-c3ccccc3)c2)CC1.CC. The first kappa shape index (κ1) is 47.2. The van der Waals surface area contributed by atoms with Gasteiger partial charge in [0.1, 0.15) is 0 Å². The Morgan fingerprint density at radius 1 is 0.364 bits per heavy atom. The zero-order valence-corrected chi connectivity index (χ0v) is 43.5. The summed E-state index contributed by atoms with van der Waals surface area (Å²) in [4.78, 5) is 2.51. The number of benzene rings is 11. The quantitative estimate of drug-likeness (QED) is 0.133. The van der Waals surface area contributed by atoms with Gasteiger partial charge in [0.25, 0.3) is 0 Å². The molecular formula is C75H58N2. The van der Waals surface area contributed by atoms with Crippen LogP contribution < -0.4 is 4.90 Å². The molecule has 2 aliphatic carbocycles. The van der Waals surface area contributed by atoms with Gasteiger partial charge in [-0.05, 0) is 134 Å². The minimum absolute atomic E-state index is 0.507. The van der Waals surface area contributed by atoms with E-state index in [1.165, 1.54) is 105 Å². The van der Waals surface area contributed by atoms with Crippen molar-refractivity contribution in [2.45, 2.75) is 32.1 Å². The molecule has 12 aromatic rings. The molecule has 1 aromatic heterocycles. The fraction of sp³-hybridized carbons (Fsp3) is 0.0667. The molecule has 0 bridgehead atoms. The van der Waals surface area contributed by atoms with Crippen LogP contribution in [0.4, 0.5) is 11.4 Å².